The van der Waals surface area contributed by atoms with Gasteiger partial charge in [-0.05, 0) is 30.3 Å². The third kappa shape index (κ3) is 3.16. The van der Waals surface area contributed by atoms with Crippen LogP contribution in [0.25, 0.3) is 33.8 Å². The van der Waals surface area contributed by atoms with E-state index in [1.54, 1.807) is 12.1 Å². The third-order valence-electron chi connectivity index (χ3n) is 4.11. The summed E-state index contributed by atoms with van der Waals surface area (Å²) in [5.41, 5.74) is 2.52. The van der Waals surface area contributed by atoms with E-state index in [2.05, 4.69) is 25.3 Å². The summed E-state index contributed by atoms with van der Waals surface area (Å²) in [6.45, 7) is 0. The summed E-state index contributed by atoms with van der Waals surface area (Å²) in [5.74, 6) is 1.35. The van der Waals surface area contributed by atoms with Gasteiger partial charge >= 0.3 is 0 Å². The van der Waals surface area contributed by atoms with Gasteiger partial charge in [-0.15, -0.1) is 10.2 Å². The van der Waals surface area contributed by atoms with Crippen molar-refractivity contribution in [2.24, 2.45) is 0 Å². The van der Waals surface area contributed by atoms with Crippen LogP contribution < -0.4 is 0 Å². The first-order valence-corrected chi connectivity index (χ1v) is 9.36. The van der Waals surface area contributed by atoms with E-state index in [4.69, 9.17) is 8.94 Å². The van der Waals surface area contributed by atoms with Crippen LogP contribution in [0.2, 0.25) is 0 Å². The zero-order chi connectivity index (χ0) is 18.9. The molecule has 3 aromatic heterocycles. The van der Waals surface area contributed by atoms with Gasteiger partial charge < -0.3 is 13.9 Å². The molecule has 138 valence electrons. The highest BCUT2D eigenvalue weighted by atomic mass is 32.2. The second kappa shape index (κ2) is 6.93. The molecule has 0 amide bonds. The van der Waals surface area contributed by atoms with Gasteiger partial charge in [0.15, 0.2) is 5.82 Å². The van der Waals surface area contributed by atoms with E-state index in [1.807, 2.05) is 30.5 Å². The first-order valence-electron chi connectivity index (χ1n) is 8.37. The lowest BCUT2D eigenvalue weighted by molar-refractivity contribution is 0.425. The molecular formula is C19H12FN5O2S. The molecule has 0 bridgehead atoms. The van der Waals surface area contributed by atoms with Crippen LogP contribution >= 0.6 is 11.8 Å². The van der Waals surface area contributed by atoms with E-state index in [-0.39, 0.29) is 5.82 Å². The van der Waals surface area contributed by atoms with Crippen LogP contribution in [0.4, 0.5) is 4.39 Å². The molecule has 0 aliphatic heterocycles. The Labute approximate surface area is 162 Å². The Morgan fingerprint density at radius 2 is 1.86 bits per heavy atom. The van der Waals surface area contributed by atoms with Crippen LogP contribution in [-0.4, -0.2) is 25.3 Å². The Hall–Kier alpha value is -3.46. The van der Waals surface area contributed by atoms with Crippen molar-refractivity contribution in [1.82, 2.24) is 25.3 Å². The van der Waals surface area contributed by atoms with Crippen LogP contribution in [0.5, 0.6) is 0 Å². The van der Waals surface area contributed by atoms with Crippen LogP contribution in [-0.2, 0) is 5.75 Å². The molecule has 0 atom stereocenters. The number of aromatic nitrogens is 5. The molecular weight excluding hydrogens is 381 g/mol. The first kappa shape index (κ1) is 16.7. The average Bonchev–Trinajstić information content (AvgIpc) is 3.46. The number of hydrogen-bond donors (Lipinski definition) is 1. The normalized spacial score (nSPS) is 11.3. The largest absolute Gasteiger partial charge is 0.411 e. The lowest BCUT2D eigenvalue weighted by atomic mass is 10.2. The lowest BCUT2D eigenvalue weighted by Gasteiger charge is -1.93. The SMILES string of the molecule is Fc1ccc(-c2nc(CSc3nnc(-c4c[nH]c5ccccc45)o3)no2)cc1. The molecule has 0 unspecified atom stereocenters. The number of rotatable bonds is 5. The van der Waals surface area contributed by atoms with Gasteiger partial charge in [0.25, 0.3) is 17.0 Å². The molecule has 7 nitrogen and oxygen atoms in total. The molecule has 3 heterocycles. The van der Waals surface area contributed by atoms with Crippen LogP contribution in [0.1, 0.15) is 5.82 Å². The monoisotopic (exact) mass is 393 g/mol. The van der Waals surface area contributed by atoms with E-state index < -0.39 is 0 Å². The van der Waals surface area contributed by atoms with E-state index in [9.17, 15) is 4.39 Å². The molecule has 5 rings (SSSR count). The van der Waals surface area contributed by atoms with Crippen molar-refractivity contribution in [1.29, 1.82) is 0 Å². The van der Waals surface area contributed by atoms with Crippen molar-refractivity contribution in [2.45, 2.75) is 11.0 Å². The number of fused-ring (bicyclic) bond motifs is 1. The smallest absolute Gasteiger partial charge is 0.277 e. The lowest BCUT2D eigenvalue weighted by Crippen LogP contribution is -1.84. The molecule has 0 aliphatic rings. The first-order chi connectivity index (χ1) is 13.8. The second-order valence-electron chi connectivity index (χ2n) is 5.93. The van der Waals surface area contributed by atoms with Crippen LogP contribution in [0.15, 0.2) is 68.9 Å². The maximum atomic E-state index is 13.0. The molecule has 0 spiro atoms. The molecule has 0 saturated carbocycles. The Morgan fingerprint density at radius 1 is 1.00 bits per heavy atom. The third-order valence-corrected chi connectivity index (χ3v) is 4.92. The Morgan fingerprint density at radius 3 is 2.75 bits per heavy atom. The molecule has 28 heavy (non-hydrogen) atoms. The van der Waals surface area contributed by atoms with Gasteiger partial charge in [0, 0.05) is 22.7 Å². The summed E-state index contributed by atoms with van der Waals surface area (Å²) in [7, 11) is 0. The highest BCUT2D eigenvalue weighted by molar-refractivity contribution is 7.98. The predicted molar refractivity (Wildman–Crippen MR) is 101 cm³/mol. The summed E-state index contributed by atoms with van der Waals surface area (Å²) in [6.07, 6.45) is 1.85. The summed E-state index contributed by atoms with van der Waals surface area (Å²) in [4.78, 5) is 7.49. The fraction of sp³-hybridized carbons (Fsp3) is 0.0526. The highest BCUT2D eigenvalue weighted by Crippen LogP contribution is 2.30. The van der Waals surface area contributed by atoms with Crippen molar-refractivity contribution in [3.05, 3.63) is 66.4 Å². The number of H-pyrrole nitrogens is 1. The van der Waals surface area contributed by atoms with Gasteiger partial charge in [0.1, 0.15) is 5.82 Å². The number of benzene rings is 2. The fourth-order valence-corrected chi connectivity index (χ4v) is 3.38. The quantitative estimate of drug-likeness (QED) is 0.433. The maximum Gasteiger partial charge on any atom is 0.277 e. The van der Waals surface area contributed by atoms with E-state index in [1.165, 1.54) is 23.9 Å². The molecule has 0 aliphatic carbocycles. The zero-order valence-electron chi connectivity index (χ0n) is 14.3. The number of thioether (sulfide) groups is 1. The number of aromatic amines is 1. The molecule has 0 radical (unpaired) electrons. The molecule has 9 heteroatoms. The van der Waals surface area contributed by atoms with Gasteiger partial charge in [-0.3, -0.25) is 0 Å². The number of para-hydroxylation sites is 1. The Balaban J connectivity index is 1.30. The second-order valence-corrected chi connectivity index (χ2v) is 6.86. The van der Waals surface area contributed by atoms with Gasteiger partial charge in [0.2, 0.25) is 0 Å². The average molecular weight is 393 g/mol. The summed E-state index contributed by atoms with van der Waals surface area (Å²) < 4.78 is 24.0. The Bertz CT molecular complexity index is 1240. The fourth-order valence-electron chi connectivity index (χ4n) is 2.77. The number of hydrogen-bond acceptors (Lipinski definition) is 7. The van der Waals surface area contributed by atoms with Crippen molar-refractivity contribution < 1.29 is 13.3 Å². The predicted octanol–water partition coefficient (Wildman–Crippen LogP) is 4.70. The molecule has 1 N–H and O–H groups in total. The number of halogens is 1. The number of nitrogens with zero attached hydrogens (tertiary/aromatic N) is 4. The number of nitrogens with one attached hydrogen (secondary N) is 1. The van der Waals surface area contributed by atoms with Gasteiger partial charge in [-0.2, -0.15) is 4.98 Å². The van der Waals surface area contributed by atoms with Crippen molar-refractivity contribution in [3.8, 4) is 22.9 Å². The summed E-state index contributed by atoms with van der Waals surface area (Å²) in [5, 5.41) is 13.6. The van der Waals surface area contributed by atoms with Crippen molar-refractivity contribution in [2.75, 3.05) is 0 Å². The van der Waals surface area contributed by atoms with Gasteiger partial charge in [0.05, 0.1) is 11.3 Å². The summed E-state index contributed by atoms with van der Waals surface area (Å²) >= 11 is 1.31. The minimum Gasteiger partial charge on any atom is -0.411 e. The highest BCUT2D eigenvalue weighted by Gasteiger charge is 2.15. The maximum absolute atomic E-state index is 13.0. The standard InChI is InChI=1S/C19H12FN5O2S/c20-12-7-5-11(6-8-12)17-22-16(25-27-17)10-28-19-24-23-18(26-19)14-9-21-15-4-2-1-3-13(14)15/h1-9,21H,10H2. The molecule has 0 fully saturated rings. The Kier molecular flexibility index (Phi) is 4.13. The van der Waals surface area contributed by atoms with Crippen molar-refractivity contribution >= 4 is 22.7 Å². The zero-order valence-corrected chi connectivity index (χ0v) is 15.1. The topological polar surface area (TPSA) is 93.6 Å². The minimum absolute atomic E-state index is 0.318. The molecule has 0 saturated heterocycles. The van der Waals surface area contributed by atoms with Crippen molar-refractivity contribution in [3.63, 3.8) is 0 Å². The van der Waals surface area contributed by atoms with Crippen LogP contribution in [0.3, 0.4) is 0 Å². The molecule has 5 aromatic rings. The molecule has 2 aromatic carbocycles. The summed E-state index contributed by atoms with van der Waals surface area (Å²) in [6, 6.07) is 13.8. The van der Waals surface area contributed by atoms with Gasteiger partial charge in [-0.1, -0.05) is 35.1 Å². The van der Waals surface area contributed by atoms with Crippen LogP contribution in [0, 0.1) is 5.82 Å². The van der Waals surface area contributed by atoms with Gasteiger partial charge in [-0.25, -0.2) is 4.39 Å². The van der Waals surface area contributed by atoms with E-state index in [0.29, 0.717) is 34.1 Å². The minimum atomic E-state index is -0.318. The van der Waals surface area contributed by atoms with E-state index >= 15 is 0 Å². The van der Waals surface area contributed by atoms with E-state index in [0.717, 1.165) is 16.5 Å².